The molecular weight excluding hydrogens is 340 g/mol. The van der Waals surface area contributed by atoms with Crippen molar-refractivity contribution in [2.75, 3.05) is 37.7 Å². The number of sulfone groups is 1. The van der Waals surface area contributed by atoms with E-state index in [-0.39, 0.29) is 23.5 Å². The molecule has 2 aromatic rings. The van der Waals surface area contributed by atoms with Crippen molar-refractivity contribution < 1.29 is 13.2 Å². The van der Waals surface area contributed by atoms with Crippen LogP contribution in [0, 0.1) is 6.92 Å². The predicted octanol–water partition coefficient (Wildman–Crippen LogP) is 0.588. The van der Waals surface area contributed by atoms with Crippen molar-refractivity contribution in [3.8, 4) is 0 Å². The molecule has 4 rings (SSSR count). The molecule has 1 unspecified atom stereocenters. The molecule has 0 radical (unpaired) electrons. The van der Waals surface area contributed by atoms with Crippen LogP contribution in [0.25, 0.3) is 5.65 Å². The van der Waals surface area contributed by atoms with Crippen molar-refractivity contribution in [1.82, 2.24) is 19.2 Å². The van der Waals surface area contributed by atoms with Gasteiger partial charge in [-0.3, -0.25) is 9.69 Å². The van der Waals surface area contributed by atoms with Crippen molar-refractivity contribution in [2.24, 2.45) is 0 Å². The van der Waals surface area contributed by atoms with Crippen LogP contribution in [0.5, 0.6) is 0 Å². The smallest absolute Gasteiger partial charge is 0.274 e. The highest BCUT2D eigenvalue weighted by atomic mass is 32.2. The van der Waals surface area contributed by atoms with E-state index in [9.17, 15) is 13.2 Å². The maximum Gasteiger partial charge on any atom is 0.274 e. The number of hydrogen-bond donors (Lipinski definition) is 0. The first-order chi connectivity index (χ1) is 11.9. The number of pyridine rings is 1. The molecule has 25 heavy (non-hydrogen) atoms. The van der Waals surface area contributed by atoms with Gasteiger partial charge in [0.15, 0.2) is 9.84 Å². The van der Waals surface area contributed by atoms with E-state index >= 15 is 0 Å². The minimum absolute atomic E-state index is 0.0539. The fourth-order valence-electron chi connectivity index (χ4n) is 3.77. The standard InChI is InChI=1S/C17H22N4O3S/c1-13-3-2-4-16-18-15(11-21(13)16)17(22)20-8-6-19(7-9-20)14-5-10-25(23,24)12-14/h2-4,11,14H,5-10,12H2,1H3. The molecule has 0 bridgehead atoms. The van der Waals surface area contributed by atoms with E-state index in [2.05, 4.69) is 9.88 Å². The molecule has 2 saturated heterocycles. The number of carbonyl (C=O) groups excluding carboxylic acids is 1. The van der Waals surface area contributed by atoms with Crippen LogP contribution in [-0.4, -0.2) is 77.2 Å². The third-order valence-electron chi connectivity index (χ3n) is 5.24. The normalized spacial score (nSPS) is 24.0. The van der Waals surface area contributed by atoms with E-state index in [4.69, 9.17) is 0 Å². The predicted molar refractivity (Wildman–Crippen MR) is 94.5 cm³/mol. The van der Waals surface area contributed by atoms with E-state index in [0.29, 0.717) is 25.2 Å². The van der Waals surface area contributed by atoms with Crippen LogP contribution in [0.1, 0.15) is 22.6 Å². The Labute approximate surface area is 147 Å². The summed E-state index contributed by atoms with van der Waals surface area (Å²) in [5.41, 5.74) is 2.28. The molecular formula is C17H22N4O3S. The summed E-state index contributed by atoms with van der Waals surface area (Å²) in [6.45, 7) is 4.65. The number of rotatable bonds is 2. The SMILES string of the molecule is Cc1cccc2nc(C(=O)N3CCN(C4CCS(=O)(=O)C4)CC3)cn12. The first-order valence-corrected chi connectivity index (χ1v) is 10.4. The molecule has 2 fully saturated rings. The van der Waals surface area contributed by atoms with Gasteiger partial charge in [-0.05, 0) is 25.5 Å². The van der Waals surface area contributed by atoms with Crippen LogP contribution in [-0.2, 0) is 9.84 Å². The Morgan fingerprint density at radius 3 is 2.60 bits per heavy atom. The van der Waals surface area contributed by atoms with Gasteiger partial charge in [-0.2, -0.15) is 0 Å². The van der Waals surface area contributed by atoms with Gasteiger partial charge in [0.05, 0.1) is 11.5 Å². The van der Waals surface area contributed by atoms with E-state index < -0.39 is 9.84 Å². The molecule has 0 spiro atoms. The second kappa shape index (κ2) is 6.10. The number of fused-ring (bicyclic) bond motifs is 1. The molecule has 7 nitrogen and oxygen atoms in total. The summed E-state index contributed by atoms with van der Waals surface area (Å²) in [5.74, 6) is 0.492. The largest absolute Gasteiger partial charge is 0.335 e. The topological polar surface area (TPSA) is 75.0 Å². The van der Waals surface area contributed by atoms with Gasteiger partial charge in [0.25, 0.3) is 5.91 Å². The Morgan fingerprint density at radius 2 is 1.96 bits per heavy atom. The monoisotopic (exact) mass is 362 g/mol. The fraction of sp³-hybridized carbons (Fsp3) is 0.529. The molecule has 2 aromatic heterocycles. The van der Waals surface area contributed by atoms with Gasteiger partial charge in [-0.15, -0.1) is 0 Å². The maximum absolute atomic E-state index is 12.7. The van der Waals surface area contributed by atoms with Crippen LogP contribution in [0.15, 0.2) is 24.4 Å². The van der Waals surface area contributed by atoms with Crippen LogP contribution >= 0.6 is 0 Å². The van der Waals surface area contributed by atoms with E-state index in [1.54, 1.807) is 6.20 Å². The van der Waals surface area contributed by atoms with Gasteiger partial charge >= 0.3 is 0 Å². The second-order valence-corrected chi connectivity index (χ2v) is 9.14. The zero-order chi connectivity index (χ0) is 17.6. The van der Waals surface area contributed by atoms with E-state index in [1.165, 1.54) is 0 Å². The van der Waals surface area contributed by atoms with Gasteiger partial charge in [-0.1, -0.05) is 6.07 Å². The molecule has 1 atom stereocenters. The average Bonchev–Trinajstić information content (AvgIpc) is 3.18. The highest BCUT2D eigenvalue weighted by Crippen LogP contribution is 2.20. The zero-order valence-corrected chi connectivity index (χ0v) is 15.1. The number of nitrogens with zero attached hydrogens (tertiary/aromatic N) is 4. The molecule has 1 amide bonds. The first kappa shape index (κ1) is 16.5. The Morgan fingerprint density at radius 1 is 1.20 bits per heavy atom. The van der Waals surface area contributed by atoms with Gasteiger partial charge in [0.1, 0.15) is 11.3 Å². The van der Waals surface area contributed by atoms with Gasteiger partial charge < -0.3 is 9.30 Å². The van der Waals surface area contributed by atoms with Crippen LogP contribution in [0.2, 0.25) is 0 Å². The molecule has 4 heterocycles. The second-order valence-electron chi connectivity index (χ2n) is 6.91. The Balaban J connectivity index is 1.43. The van der Waals surface area contributed by atoms with Crippen molar-refractivity contribution >= 4 is 21.4 Å². The first-order valence-electron chi connectivity index (χ1n) is 8.61. The molecule has 2 aliphatic heterocycles. The number of amides is 1. The van der Waals surface area contributed by atoms with E-state index in [0.717, 1.165) is 24.4 Å². The zero-order valence-electron chi connectivity index (χ0n) is 14.3. The average molecular weight is 362 g/mol. The summed E-state index contributed by atoms with van der Waals surface area (Å²) in [4.78, 5) is 21.2. The summed E-state index contributed by atoms with van der Waals surface area (Å²) >= 11 is 0. The summed E-state index contributed by atoms with van der Waals surface area (Å²) in [5, 5.41) is 0. The summed E-state index contributed by atoms with van der Waals surface area (Å²) < 4.78 is 25.2. The number of aryl methyl sites for hydroxylation is 1. The van der Waals surface area contributed by atoms with Crippen molar-refractivity contribution in [2.45, 2.75) is 19.4 Å². The van der Waals surface area contributed by atoms with Gasteiger partial charge in [-0.25, -0.2) is 13.4 Å². The highest BCUT2D eigenvalue weighted by molar-refractivity contribution is 7.91. The van der Waals surface area contributed by atoms with Crippen molar-refractivity contribution in [3.63, 3.8) is 0 Å². The summed E-state index contributed by atoms with van der Waals surface area (Å²) in [7, 11) is -2.87. The molecule has 0 aromatic carbocycles. The quantitative estimate of drug-likeness (QED) is 0.782. The van der Waals surface area contributed by atoms with Crippen molar-refractivity contribution in [3.05, 3.63) is 35.8 Å². The lowest BCUT2D eigenvalue weighted by molar-refractivity contribution is 0.0583. The Kier molecular flexibility index (Phi) is 4.04. The van der Waals surface area contributed by atoms with Crippen LogP contribution < -0.4 is 0 Å². The van der Waals surface area contributed by atoms with Crippen molar-refractivity contribution in [1.29, 1.82) is 0 Å². The molecule has 0 N–H and O–H groups in total. The number of hydrogen-bond acceptors (Lipinski definition) is 5. The summed E-state index contributed by atoms with van der Waals surface area (Å²) in [6.07, 6.45) is 2.50. The summed E-state index contributed by atoms with van der Waals surface area (Å²) in [6, 6.07) is 5.92. The minimum Gasteiger partial charge on any atom is -0.335 e. The number of carbonyl (C=O) groups is 1. The lowest BCUT2D eigenvalue weighted by Crippen LogP contribution is -2.52. The number of imidazole rings is 1. The molecule has 134 valence electrons. The lowest BCUT2D eigenvalue weighted by Gasteiger charge is -2.37. The number of piperazine rings is 1. The molecule has 0 aliphatic carbocycles. The molecule has 8 heteroatoms. The highest BCUT2D eigenvalue weighted by Gasteiger charge is 2.34. The van der Waals surface area contributed by atoms with Crippen LogP contribution in [0.3, 0.4) is 0 Å². The van der Waals surface area contributed by atoms with Gasteiger partial charge in [0, 0.05) is 44.1 Å². The fourth-order valence-corrected chi connectivity index (χ4v) is 5.53. The van der Waals surface area contributed by atoms with E-state index in [1.807, 2.05) is 34.4 Å². The minimum atomic E-state index is -2.87. The Hall–Kier alpha value is -1.93. The Bertz CT molecular complexity index is 913. The van der Waals surface area contributed by atoms with Crippen LogP contribution in [0.4, 0.5) is 0 Å². The maximum atomic E-state index is 12.7. The number of aromatic nitrogens is 2. The van der Waals surface area contributed by atoms with Gasteiger partial charge in [0.2, 0.25) is 0 Å². The lowest BCUT2D eigenvalue weighted by atomic mass is 10.2. The molecule has 0 saturated carbocycles. The third kappa shape index (κ3) is 3.16. The molecule has 2 aliphatic rings. The third-order valence-corrected chi connectivity index (χ3v) is 6.99.